The third-order valence-electron chi connectivity index (χ3n) is 5.81. The molecule has 0 aliphatic rings. The van der Waals surface area contributed by atoms with Crippen molar-refractivity contribution >= 4 is 69.1 Å². The Morgan fingerprint density at radius 3 is 2.05 bits per heavy atom. The molecule has 12 heteroatoms. The molecule has 1 unspecified atom stereocenters. The Morgan fingerprint density at radius 2 is 1.50 bits per heavy atom. The van der Waals surface area contributed by atoms with Crippen LogP contribution < -0.4 is 15.8 Å². The van der Waals surface area contributed by atoms with Crippen LogP contribution in [0.2, 0.25) is 10.0 Å². The number of anilines is 3. The van der Waals surface area contributed by atoms with Crippen LogP contribution in [0.1, 0.15) is 19.1 Å². The van der Waals surface area contributed by atoms with E-state index in [-0.39, 0.29) is 33.2 Å². The number of carbonyl (C=O) groups is 3. The summed E-state index contributed by atoms with van der Waals surface area (Å²) in [6, 6.07) is 21.1. The van der Waals surface area contributed by atoms with Crippen LogP contribution in [0.3, 0.4) is 0 Å². The Morgan fingerprint density at radius 1 is 0.900 bits per heavy atom. The fourth-order valence-corrected chi connectivity index (χ4v) is 4.75. The number of fused-ring (bicyclic) bond motifs is 1. The van der Waals surface area contributed by atoms with Gasteiger partial charge in [0.25, 0.3) is 5.56 Å². The Kier molecular flexibility index (Phi) is 9.05. The van der Waals surface area contributed by atoms with Crippen molar-refractivity contribution < 1.29 is 29.3 Å². The van der Waals surface area contributed by atoms with E-state index in [1.165, 1.54) is 17.0 Å². The van der Waals surface area contributed by atoms with Gasteiger partial charge in [-0.2, -0.15) is 0 Å². The number of nitrogens with one attached hydrogen (secondary N) is 1. The number of rotatable bonds is 10. The van der Waals surface area contributed by atoms with Gasteiger partial charge < -0.3 is 20.3 Å². The highest BCUT2D eigenvalue weighted by Gasteiger charge is 2.25. The number of carboxylic acids is 2. The molecule has 0 fully saturated rings. The molecule has 40 heavy (non-hydrogen) atoms. The molecule has 1 heterocycles. The second kappa shape index (κ2) is 12.6. The lowest BCUT2D eigenvalue weighted by atomic mass is 10.1. The number of benzene rings is 3. The summed E-state index contributed by atoms with van der Waals surface area (Å²) in [6.45, 7) is -0.350. The summed E-state index contributed by atoms with van der Waals surface area (Å²) in [4.78, 5) is 51.1. The van der Waals surface area contributed by atoms with Gasteiger partial charge in [0.15, 0.2) is 0 Å². The zero-order chi connectivity index (χ0) is 28.8. The maximum Gasteiger partial charge on any atom is 0.330 e. The van der Waals surface area contributed by atoms with Crippen molar-refractivity contribution in [1.82, 2.24) is 4.57 Å². The van der Waals surface area contributed by atoms with Crippen LogP contribution in [-0.4, -0.2) is 39.4 Å². The summed E-state index contributed by atoms with van der Waals surface area (Å²) in [6.07, 6.45) is -2.44. The van der Waals surface area contributed by atoms with Crippen molar-refractivity contribution in [2.24, 2.45) is 0 Å². The number of hydrogen-bond acceptors (Lipinski definition) is 5. The Bertz CT molecular complexity index is 1570. The standard InChI is InChI=1S/C28H23Cl2N3O7/c29-17-13-20(30)27-21(31-28(39)32(18-7-3-1-4-8-18)19-9-5-2-6-10-19)15-23(34)33(22(27)14-17)24(16-26(37)38)40-12-11-25(35)36/h1-10,13-15,24H,11-12,16H2,(H,31,39)(H,35,36)(H,37,38). The fraction of sp³-hybridized carbons (Fsp3) is 0.143. The van der Waals surface area contributed by atoms with Crippen molar-refractivity contribution in [2.45, 2.75) is 19.1 Å². The molecule has 10 nitrogen and oxygen atoms in total. The van der Waals surface area contributed by atoms with Crippen molar-refractivity contribution in [3.05, 3.63) is 99.3 Å². The lowest BCUT2D eigenvalue weighted by Gasteiger charge is -2.25. The number of ether oxygens (including phenoxy) is 1. The minimum atomic E-state index is -1.38. The number of halogens is 2. The van der Waals surface area contributed by atoms with Gasteiger partial charge in [-0.05, 0) is 36.4 Å². The van der Waals surface area contributed by atoms with Crippen LogP contribution >= 0.6 is 23.2 Å². The molecule has 206 valence electrons. The summed E-state index contributed by atoms with van der Waals surface area (Å²) in [7, 11) is 0. The molecule has 0 saturated heterocycles. The first-order valence-electron chi connectivity index (χ1n) is 12.0. The molecule has 0 radical (unpaired) electrons. The van der Waals surface area contributed by atoms with Crippen LogP contribution in [0.25, 0.3) is 10.9 Å². The van der Waals surface area contributed by atoms with E-state index < -0.39 is 42.6 Å². The van der Waals surface area contributed by atoms with Gasteiger partial charge in [0, 0.05) is 16.5 Å². The summed E-state index contributed by atoms with van der Waals surface area (Å²) in [5.41, 5.74) is 0.540. The molecule has 0 bridgehead atoms. The third kappa shape index (κ3) is 6.60. The number of hydrogen-bond donors (Lipinski definition) is 3. The number of aromatic nitrogens is 1. The first-order chi connectivity index (χ1) is 19.2. The van der Waals surface area contributed by atoms with Gasteiger partial charge in [-0.3, -0.25) is 23.9 Å². The lowest BCUT2D eigenvalue weighted by Crippen LogP contribution is -2.33. The zero-order valence-corrected chi connectivity index (χ0v) is 22.3. The number of carbonyl (C=O) groups excluding carboxylic acids is 1. The van der Waals surface area contributed by atoms with Crippen molar-refractivity contribution in [1.29, 1.82) is 0 Å². The number of para-hydroxylation sites is 2. The van der Waals surface area contributed by atoms with Gasteiger partial charge in [0.2, 0.25) is 0 Å². The molecule has 0 spiro atoms. The molecule has 1 atom stereocenters. The minimum Gasteiger partial charge on any atom is -0.481 e. The van der Waals surface area contributed by atoms with Gasteiger partial charge in [0.05, 0.1) is 47.1 Å². The summed E-state index contributed by atoms with van der Waals surface area (Å²) >= 11 is 12.8. The molecule has 2 amide bonds. The van der Waals surface area contributed by atoms with E-state index in [9.17, 15) is 24.3 Å². The minimum absolute atomic E-state index is 0.0550. The number of urea groups is 1. The smallest absolute Gasteiger partial charge is 0.330 e. The third-order valence-corrected chi connectivity index (χ3v) is 6.32. The van der Waals surface area contributed by atoms with Gasteiger partial charge in [-0.25, -0.2) is 4.79 Å². The Balaban J connectivity index is 1.83. The van der Waals surface area contributed by atoms with E-state index in [0.29, 0.717) is 11.4 Å². The van der Waals surface area contributed by atoms with Crippen LogP contribution in [0, 0.1) is 0 Å². The fourth-order valence-electron chi connectivity index (χ4n) is 4.16. The molecule has 0 aliphatic heterocycles. The van der Waals surface area contributed by atoms with Gasteiger partial charge >= 0.3 is 18.0 Å². The number of pyridine rings is 1. The van der Waals surface area contributed by atoms with E-state index in [2.05, 4.69) is 5.32 Å². The Labute approximate surface area is 237 Å². The summed E-state index contributed by atoms with van der Waals surface area (Å²) < 4.78 is 6.55. The SMILES string of the molecule is O=C(O)CCOC(CC(=O)O)n1c(=O)cc(NC(=O)N(c2ccccc2)c2ccccc2)c2c(Cl)cc(Cl)cc21. The van der Waals surface area contributed by atoms with Crippen LogP contribution in [0.5, 0.6) is 0 Å². The second-order valence-corrected chi connectivity index (χ2v) is 9.40. The average Bonchev–Trinajstić information content (AvgIpc) is 2.89. The molecule has 1 aromatic heterocycles. The Hall–Kier alpha value is -4.38. The normalized spacial score (nSPS) is 11.7. The number of amides is 2. The average molecular weight is 584 g/mol. The highest BCUT2D eigenvalue weighted by atomic mass is 35.5. The van der Waals surface area contributed by atoms with Gasteiger partial charge in [-0.15, -0.1) is 0 Å². The maximum atomic E-state index is 13.7. The van der Waals surface area contributed by atoms with Crippen LogP contribution in [0.15, 0.2) is 83.7 Å². The van der Waals surface area contributed by atoms with Crippen molar-refractivity contribution in [3.8, 4) is 0 Å². The largest absolute Gasteiger partial charge is 0.481 e. The predicted octanol–water partition coefficient (Wildman–Crippen LogP) is 6.14. The molecule has 3 N–H and O–H groups in total. The molecule has 4 rings (SSSR count). The van der Waals surface area contributed by atoms with E-state index >= 15 is 0 Å². The van der Waals surface area contributed by atoms with Crippen LogP contribution in [-0.2, 0) is 14.3 Å². The summed E-state index contributed by atoms with van der Waals surface area (Å²) in [5, 5.41) is 21.6. The van der Waals surface area contributed by atoms with Crippen LogP contribution in [0.4, 0.5) is 21.9 Å². The van der Waals surface area contributed by atoms with E-state index in [4.69, 9.17) is 33.0 Å². The van der Waals surface area contributed by atoms with Gasteiger partial charge in [-0.1, -0.05) is 59.6 Å². The van der Waals surface area contributed by atoms with E-state index in [1.54, 1.807) is 48.5 Å². The molecule has 0 saturated carbocycles. The molecule has 3 aromatic carbocycles. The van der Waals surface area contributed by atoms with Crippen molar-refractivity contribution in [2.75, 3.05) is 16.8 Å². The number of aliphatic carboxylic acids is 2. The maximum absolute atomic E-state index is 13.7. The highest BCUT2D eigenvalue weighted by Crippen LogP contribution is 2.35. The first kappa shape index (κ1) is 28.6. The lowest BCUT2D eigenvalue weighted by molar-refractivity contribution is -0.143. The quantitative estimate of drug-likeness (QED) is 0.204. The molecule has 0 aliphatic carbocycles. The predicted molar refractivity (Wildman–Crippen MR) is 152 cm³/mol. The van der Waals surface area contributed by atoms with Crippen molar-refractivity contribution in [3.63, 3.8) is 0 Å². The van der Waals surface area contributed by atoms with E-state index in [1.807, 2.05) is 12.1 Å². The molecular weight excluding hydrogens is 561 g/mol. The highest BCUT2D eigenvalue weighted by molar-refractivity contribution is 6.39. The molecular formula is C28H23Cl2N3O7. The number of carboxylic acid groups (broad SMARTS) is 2. The topological polar surface area (TPSA) is 138 Å². The van der Waals surface area contributed by atoms with E-state index in [0.717, 1.165) is 10.6 Å². The summed E-state index contributed by atoms with van der Waals surface area (Å²) in [5.74, 6) is -2.44. The second-order valence-electron chi connectivity index (χ2n) is 8.55. The molecule has 4 aromatic rings. The first-order valence-corrected chi connectivity index (χ1v) is 12.7. The van der Waals surface area contributed by atoms with Gasteiger partial charge in [0.1, 0.15) is 6.23 Å². The zero-order valence-electron chi connectivity index (χ0n) is 20.8. The number of nitrogens with zero attached hydrogens (tertiary/aromatic N) is 2. The monoisotopic (exact) mass is 583 g/mol.